The minimum absolute atomic E-state index is 0.0763. The van der Waals surface area contributed by atoms with Crippen LogP contribution >= 0.6 is 22.9 Å². The van der Waals surface area contributed by atoms with E-state index in [4.69, 9.17) is 20.8 Å². The molecule has 174 valence electrons. The number of benzene rings is 1. The normalized spacial score (nSPS) is 15.7. The number of anilines is 1. The largest absolute Gasteiger partial charge is 0.465 e. The van der Waals surface area contributed by atoms with Gasteiger partial charge in [-0.1, -0.05) is 35.8 Å². The zero-order valence-electron chi connectivity index (χ0n) is 17.8. The van der Waals surface area contributed by atoms with Crippen LogP contribution in [-0.2, 0) is 32.2 Å². The number of ether oxygens (including phenoxy) is 1. The highest BCUT2D eigenvalue weighted by atomic mass is 35.5. The number of methoxy groups -OCH3 is 1. The monoisotopic (exact) mass is 509 g/mol. The molecule has 0 spiro atoms. The SMILES string of the molecule is COC(=O)c1c(NC(=O)CS(=O)(=O)c2nnc(-c3ccccc3Cl)o2)sc2c1CCC(C)C2. The maximum Gasteiger partial charge on any atom is 0.341 e. The Balaban J connectivity index is 1.55. The number of amides is 1. The van der Waals surface area contributed by atoms with Crippen LogP contribution < -0.4 is 5.32 Å². The van der Waals surface area contributed by atoms with Crippen molar-refractivity contribution in [3.63, 3.8) is 0 Å². The Kier molecular flexibility index (Phi) is 6.55. The number of carbonyl (C=O) groups excluding carboxylic acids is 2. The molecule has 1 unspecified atom stereocenters. The lowest BCUT2D eigenvalue weighted by atomic mass is 9.88. The van der Waals surface area contributed by atoms with Gasteiger partial charge in [-0.3, -0.25) is 4.79 Å². The van der Waals surface area contributed by atoms with Gasteiger partial charge in [0, 0.05) is 4.88 Å². The van der Waals surface area contributed by atoms with Gasteiger partial charge in [-0.05, 0) is 42.9 Å². The average Bonchev–Trinajstić information content (AvgIpc) is 3.38. The second-order valence-corrected chi connectivity index (χ2v) is 11.1. The summed E-state index contributed by atoms with van der Waals surface area (Å²) in [5.41, 5.74) is 1.51. The molecule has 1 amide bonds. The minimum Gasteiger partial charge on any atom is -0.465 e. The molecule has 1 atom stereocenters. The van der Waals surface area contributed by atoms with Gasteiger partial charge in [-0.15, -0.1) is 16.4 Å². The molecule has 1 aromatic carbocycles. The van der Waals surface area contributed by atoms with Crippen molar-refractivity contribution in [1.29, 1.82) is 0 Å². The van der Waals surface area contributed by atoms with Gasteiger partial charge >= 0.3 is 11.2 Å². The second kappa shape index (κ2) is 9.24. The van der Waals surface area contributed by atoms with Crippen LogP contribution in [0.15, 0.2) is 33.9 Å². The van der Waals surface area contributed by atoms with E-state index in [1.807, 2.05) is 0 Å². The Hall–Kier alpha value is -2.76. The molecular weight excluding hydrogens is 490 g/mol. The molecule has 1 aliphatic rings. The van der Waals surface area contributed by atoms with Gasteiger partial charge in [0.05, 0.1) is 23.3 Å². The first-order chi connectivity index (χ1) is 15.7. The Labute approximate surface area is 199 Å². The third-order valence-corrected chi connectivity index (χ3v) is 8.09. The van der Waals surface area contributed by atoms with Gasteiger partial charge in [0.25, 0.3) is 0 Å². The Bertz CT molecular complexity index is 1330. The van der Waals surface area contributed by atoms with Crippen LogP contribution in [-0.4, -0.2) is 43.4 Å². The maximum atomic E-state index is 12.7. The first kappa shape index (κ1) is 23.4. The Morgan fingerprint density at radius 1 is 1.30 bits per heavy atom. The highest BCUT2D eigenvalue weighted by Gasteiger charge is 2.31. The van der Waals surface area contributed by atoms with Crippen LogP contribution in [0.1, 0.15) is 34.1 Å². The molecule has 33 heavy (non-hydrogen) atoms. The van der Waals surface area contributed by atoms with E-state index in [-0.39, 0.29) is 16.5 Å². The van der Waals surface area contributed by atoms with Crippen molar-refractivity contribution in [2.24, 2.45) is 5.92 Å². The number of nitrogens with one attached hydrogen (secondary N) is 1. The van der Waals surface area contributed by atoms with Crippen LogP contribution in [0, 0.1) is 5.92 Å². The highest BCUT2D eigenvalue weighted by molar-refractivity contribution is 7.91. The molecule has 3 aromatic rings. The summed E-state index contributed by atoms with van der Waals surface area (Å²) >= 11 is 7.35. The van der Waals surface area contributed by atoms with Gasteiger partial charge in [-0.25, -0.2) is 13.2 Å². The number of hydrogen-bond acceptors (Lipinski definition) is 9. The number of thiophene rings is 1. The van der Waals surface area contributed by atoms with Crippen molar-refractivity contribution in [3.8, 4) is 11.5 Å². The van der Waals surface area contributed by atoms with E-state index in [0.717, 1.165) is 23.3 Å². The smallest absolute Gasteiger partial charge is 0.341 e. The summed E-state index contributed by atoms with van der Waals surface area (Å²) < 4.78 is 35.6. The quantitative estimate of drug-likeness (QED) is 0.497. The maximum absolute atomic E-state index is 12.7. The molecule has 0 saturated carbocycles. The lowest BCUT2D eigenvalue weighted by Gasteiger charge is -2.18. The minimum atomic E-state index is -4.24. The fraction of sp³-hybridized carbons (Fsp3) is 0.333. The van der Waals surface area contributed by atoms with Crippen LogP contribution in [0.3, 0.4) is 0 Å². The third-order valence-electron chi connectivity index (χ3n) is 5.25. The predicted molar refractivity (Wildman–Crippen MR) is 122 cm³/mol. The van der Waals surface area contributed by atoms with Crippen molar-refractivity contribution in [1.82, 2.24) is 10.2 Å². The van der Waals surface area contributed by atoms with E-state index in [2.05, 4.69) is 22.4 Å². The van der Waals surface area contributed by atoms with Crippen molar-refractivity contribution >= 4 is 49.7 Å². The fourth-order valence-electron chi connectivity index (χ4n) is 3.63. The molecule has 0 bridgehead atoms. The molecule has 4 rings (SSSR count). The number of aromatic nitrogens is 2. The molecule has 0 aliphatic heterocycles. The molecular formula is C21H20ClN3O6S2. The molecule has 1 aliphatic carbocycles. The second-order valence-electron chi connectivity index (χ2n) is 7.71. The number of nitrogens with zero attached hydrogens (tertiary/aromatic N) is 2. The number of rotatable bonds is 6. The Morgan fingerprint density at radius 2 is 2.06 bits per heavy atom. The highest BCUT2D eigenvalue weighted by Crippen LogP contribution is 2.40. The molecule has 2 aromatic heterocycles. The van der Waals surface area contributed by atoms with Crippen molar-refractivity contribution < 1.29 is 27.2 Å². The molecule has 0 saturated heterocycles. The van der Waals surface area contributed by atoms with Crippen molar-refractivity contribution in [2.75, 3.05) is 18.2 Å². The summed E-state index contributed by atoms with van der Waals surface area (Å²) in [7, 11) is -2.97. The van der Waals surface area contributed by atoms with E-state index >= 15 is 0 Å². The lowest BCUT2D eigenvalue weighted by Crippen LogP contribution is -2.24. The van der Waals surface area contributed by atoms with E-state index in [1.165, 1.54) is 18.4 Å². The summed E-state index contributed by atoms with van der Waals surface area (Å²) in [6.45, 7) is 2.12. The summed E-state index contributed by atoms with van der Waals surface area (Å²) in [5, 5.41) is 9.76. The standard InChI is InChI=1S/C21H20ClN3O6S2/c1-11-7-8-13-15(9-11)32-19(17(13)20(27)30-2)23-16(26)10-33(28,29)21-25-24-18(31-21)12-5-3-4-6-14(12)22/h3-6,11H,7-10H2,1-2H3,(H,23,26). The van der Waals surface area contributed by atoms with Crippen LogP contribution in [0.5, 0.6) is 0 Å². The van der Waals surface area contributed by atoms with Gasteiger partial charge in [-0.2, -0.15) is 0 Å². The van der Waals surface area contributed by atoms with Crippen LogP contribution in [0.2, 0.25) is 5.02 Å². The van der Waals surface area contributed by atoms with Gasteiger partial charge in [0.15, 0.2) is 0 Å². The summed E-state index contributed by atoms with van der Waals surface area (Å²) in [6.07, 6.45) is 2.39. The topological polar surface area (TPSA) is 128 Å². The average molecular weight is 510 g/mol. The molecule has 12 heteroatoms. The first-order valence-electron chi connectivity index (χ1n) is 10.0. The number of halogens is 1. The molecule has 1 N–H and O–H groups in total. The van der Waals surface area contributed by atoms with Gasteiger partial charge in [0.1, 0.15) is 10.8 Å². The van der Waals surface area contributed by atoms with E-state index < -0.39 is 32.7 Å². The zero-order chi connectivity index (χ0) is 23.8. The molecule has 0 fully saturated rings. The summed E-state index contributed by atoms with van der Waals surface area (Å²) in [4.78, 5) is 26.0. The number of sulfone groups is 1. The Morgan fingerprint density at radius 3 is 2.79 bits per heavy atom. The van der Waals surface area contributed by atoms with Gasteiger partial charge in [0.2, 0.25) is 21.6 Å². The lowest BCUT2D eigenvalue weighted by molar-refractivity contribution is -0.113. The molecule has 9 nitrogen and oxygen atoms in total. The van der Waals surface area contributed by atoms with Crippen molar-refractivity contribution in [3.05, 3.63) is 45.3 Å². The predicted octanol–water partition coefficient (Wildman–Crippen LogP) is 3.78. The number of esters is 1. The van der Waals surface area contributed by atoms with Crippen LogP contribution in [0.25, 0.3) is 11.5 Å². The van der Waals surface area contributed by atoms with Crippen molar-refractivity contribution in [2.45, 2.75) is 31.4 Å². The number of carbonyl (C=O) groups is 2. The number of fused-ring (bicyclic) bond motifs is 1. The first-order valence-corrected chi connectivity index (χ1v) is 12.9. The van der Waals surface area contributed by atoms with E-state index in [9.17, 15) is 18.0 Å². The third kappa shape index (κ3) is 4.80. The number of hydrogen-bond donors (Lipinski definition) is 1. The molecule has 0 radical (unpaired) electrons. The summed E-state index contributed by atoms with van der Waals surface area (Å²) in [6, 6.07) is 6.60. The van der Waals surface area contributed by atoms with Gasteiger partial charge < -0.3 is 14.5 Å². The summed E-state index contributed by atoms with van der Waals surface area (Å²) in [5.74, 6) is -1.95. The van der Waals surface area contributed by atoms with E-state index in [1.54, 1.807) is 24.3 Å². The fourth-order valence-corrected chi connectivity index (χ4v) is 6.18. The van der Waals surface area contributed by atoms with E-state index in [0.29, 0.717) is 22.9 Å². The zero-order valence-corrected chi connectivity index (χ0v) is 20.1. The van der Waals surface area contributed by atoms with Crippen LogP contribution in [0.4, 0.5) is 5.00 Å². The molecule has 2 heterocycles.